The molecular weight excluding hydrogens is 692 g/mol. The van der Waals surface area contributed by atoms with E-state index in [9.17, 15) is 24.3 Å². The van der Waals surface area contributed by atoms with Crippen molar-refractivity contribution in [3.8, 4) is 11.5 Å². The Balaban J connectivity index is 1.39. The first kappa shape index (κ1) is 35.8. The number of carbonyl (C=O) groups is 4. The molecule has 0 saturated heterocycles. The standard InChI is InChI=1S/C34H34N10O9/c1-17-37-15-25(52-17)31(48)41-33-39-21-11-19(29(35)46)13-23(50-3)27(21)43(33)7-4-5-8-44-28-22(12-20(30(36)47)14-24(28)51-10-6-9-45)40-34(44)42-32(49)26-16-38-18(2)53-26/h4-5,11-16,45H,6-10H2,1-3H3,(H2,35,46)(H2,36,47)(H,39,41,48)(H,40,42,49)/b5-4+. The molecule has 19 heteroatoms. The molecule has 4 heterocycles. The third-order valence-electron chi connectivity index (χ3n) is 7.85. The number of ether oxygens (including phenoxy) is 2. The van der Waals surface area contributed by atoms with Crippen LogP contribution in [0.5, 0.6) is 11.5 Å². The molecule has 0 fully saturated rings. The van der Waals surface area contributed by atoms with Crippen molar-refractivity contribution >= 4 is 57.6 Å². The fraction of sp³-hybridized carbons (Fsp3) is 0.235. The highest BCUT2D eigenvalue weighted by Gasteiger charge is 2.23. The summed E-state index contributed by atoms with van der Waals surface area (Å²) in [7, 11) is 1.42. The second kappa shape index (κ2) is 15.1. The third kappa shape index (κ3) is 7.54. The Kier molecular flexibility index (Phi) is 10.2. The molecule has 4 aromatic heterocycles. The van der Waals surface area contributed by atoms with Crippen LogP contribution in [-0.2, 0) is 13.1 Å². The summed E-state index contributed by atoms with van der Waals surface area (Å²) in [5.41, 5.74) is 12.9. The highest BCUT2D eigenvalue weighted by molar-refractivity contribution is 6.04. The number of primary amides is 2. The summed E-state index contributed by atoms with van der Waals surface area (Å²) in [6.07, 6.45) is 6.40. The van der Waals surface area contributed by atoms with Gasteiger partial charge in [0.1, 0.15) is 22.5 Å². The minimum atomic E-state index is -0.719. The number of anilines is 2. The Morgan fingerprint density at radius 3 is 1.68 bits per heavy atom. The summed E-state index contributed by atoms with van der Waals surface area (Å²) >= 11 is 0. The number of nitrogens with one attached hydrogen (secondary N) is 2. The number of rotatable bonds is 15. The molecule has 6 rings (SSSR count). The van der Waals surface area contributed by atoms with Gasteiger partial charge in [-0.25, -0.2) is 19.9 Å². The van der Waals surface area contributed by atoms with E-state index in [0.29, 0.717) is 40.3 Å². The maximum atomic E-state index is 13.1. The molecule has 0 unspecified atom stereocenters. The number of aliphatic hydroxyl groups is 1. The van der Waals surface area contributed by atoms with Crippen LogP contribution in [0, 0.1) is 13.8 Å². The van der Waals surface area contributed by atoms with Gasteiger partial charge in [-0.3, -0.25) is 29.8 Å². The highest BCUT2D eigenvalue weighted by Crippen LogP contribution is 2.33. The molecular formula is C34H34N10O9. The Hall–Kier alpha value is -7.02. The number of fused-ring (bicyclic) bond motifs is 2. The number of benzene rings is 2. The van der Waals surface area contributed by atoms with E-state index in [1.54, 1.807) is 35.1 Å². The lowest BCUT2D eigenvalue weighted by Crippen LogP contribution is -2.16. The number of nitrogens with two attached hydrogens (primary N) is 2. The first-order valence-electron chi connectivity index (χ1n) is 16.1. The SMILES string of the molecule is COc1cc(C(N)=O)cc2nc(NC(=O)c3cnc(C)o3)n(C/C=C/Cn3c(NC(=O)c4cnc(C)o4)nc4cc(C(N)=O)cc(OCCCO)c43)c12. The van der Waals surface area contributed by atoms with Gasteiger partial charge in [-0.2, -0.15) is 0 Å². The number of methoxy groups -OCH3 is 1. The van der Waals surface area contributed by atoms with Crippen molar-refractivity contribution in [2.45, 2.75) is 33.4 Å². The van der Waals surface area contributed by atoms with Crippen LogP contribution in [0.2, 0.25) is 0 Å². The second-order valence-electron chi connectivity index (χ2n) is 11.5. The first-order chi connectivity index (χ1) is 25.5. The summed E-state index contributed by atoms with van der Waals surface area (Å²) in [4.78, 5) is 67.6. The molecule has 4 amide bonds. The van der Waals surface area contributed by atoms with Crippen molar-refractivity contribution in [1.29, 1.82) is 0 Å². The normalized spacial score (nSPS) is 11.4. The van der Waals surface area contributed by atoms with Crippen LogP contribution in [0.3, 0.4) is 0 Å². The molecule has 2 aromatic carbocycles. The van der Waals surface area contributed by atoms with Gasteiger partial charge in [0.25, 0.3) is 11.8 Å². The molecule has 0 aliphatic heterocycles. The van der Waals surface area contributed by atoms with E-state index in [0.717, 1.165) is 0 Å². The van der Waals surface area contributed by atoms with Crippen LogP contribution in [0.1, 0.15) is 60.0 Å². The maximum Gasteiger partial charge on any atom is 0.295 e. The molecule has 0 atom stereocenters. The number of hydrogen-bond acceptors (Lipinski definition) is 13. The zero-order valence-electron chi connectivity index (χ0n) is 28.7. The second-order valence-corrected chi connectivity index (χ2v) is 11.5. The number of amides is 4. The van der Waals surface area contributed by atoms with Crippen LogP contribution in [-0.4, -0.2) is 78.1 Å². The van der Waals surface area contributed by atoms with Gasteiger partial charge in [-0.05, 0) is 24.3 Å². The van der Waals surface area contributed by atoms with Crippen LogP contribution < -0.4 is 31.6 Å². The Labute approximate surface area is 299 Å². The summed E-state index contributed by atoms with van der Waals surface area (Å²) in [6.45, 7) is 3.40. The van der Waals surface area contributed by atoms with Gasteiger partial charge in [0, 0.05) is 51.1 Å². The molecule has 0 aliphatic rings. The van der Waals surface area contributed by atoms with E-state index in [-0.39, 0.29) is 72.3 Å². The van der Waals surface area contributed by atoms with Crippen LogP contribution >= 0.6 is 0 Å². The van der Waals surface area contributed by atoms with Crippen molar-refractivity contribution in [2.24, 2.45) is 11.5 Å². The number of hydrogen-bond donors (Lipinski definition) is 5. The molecule has 53 heavy (non-hydrogen) atoms. The summed E-state index contributed by atoms with van der Waals surface area (Å²) in [6, 6.07) is 5.89. The molecule has 0 saturated carbocycles. The fourth-order valence-corrected chi connectivity index (χ4v) is 5.42. The van der Waals surface area contributed by atoms with Gasteiger partial charge < -0.3 is 44.0 Å². The maximum absolute atomic E-state index is 13.1. The molecule has 0 bridgehead atoms. The van der Waals surface area contributed by atoms with Gasteiger partial charge in [0.05, 0.1) is 37.1 Å². The fourth-order valence-electron chi connectivity index (χ4n) is 5.42. The zero-order valence-corrected chi connectivity index (χ0v) is 28.7. The molecule has 0 aliphatic carbocycles. The van der Waals surface area contributed by atoms with Gasteiger partial charge in [-0.15, -0.1) is 0 Å². The average Bonchev–Trinajstić information content (AvgIpc) is 3.92. The molecule has 0 spiro atoms. The van der Waals surface area contributed by atoms with Crippen molar-refractivity contribution in [3.05, 3.63) is 83.2 Å². The monoisotopic (exact) mass is 726 g/mol. The Morgan fingerprint density at radius 2 is 1.26 bits per heavy atom. The van der Waals surface area contributed by atoms with Gasteiger partial charge in [0.2, 0.25) is 35.2 Å². The number of aliphatic hydroxyl groups excluding tert-OH is 1. The van der Waals surface area contributed by atoms with Crippen molar-refractivity contribution in [1.82, 2.24) is 29.1 Å². The smallest absolute Gasteiger partial charge is 0.295 e. The lowest BCUT2D eigenvalue weighted by atomic mass is 10.1. The molecule has 0 radical (unpaired) electrons. The van der Waals surface area contributed by atoms with E-state index in [2.05, 4.69) is 30.6 Å². The number of imidazole rings is 2. The molecule has 6 aromatic rings. The minimum Gasteiger partial charge on any atom is -0.494 e. The number of nitrogens with zero attached hydrogens (tertiary/aromatic N) is 6. The Morgan fingerprint density at radius 1 is 0.792 bits per heavy atom. The number of oxazole rings is 2. The average molecular weight is 727 g/mol. The van der Waals surface area contributed by atoms with E-state index in [4.69, 9.17) is 29.8 Å². The number of allylic oxidation sites excluding steroid dienone is 2. The van der Waals surface area contributed by atoms with Gasteiger partial charge >= 0.3 is 0 Å². The minimum absolute atomic E-state index is 0.0417. The molecule has 7 N–H and O–H groups in total. The molecule has 19 nitrogen and oxygen atoms in total. The van der Waals surface area contributed by atoms with Crippen molar-refractivity contribution in [3.63, 3.8) is 0 Å². The summed E-state index contributed by atoms with van der Waals surface area (Å²) < 4.78 is 25.6. The number of aryl methyl sites for hydroxylation is 2. The summed E-state index contributed by atoms with van der Waals surface area (Å²) in [5.74, 6) is -1.46. The van der Waals surface area contributed by atoms with Crippen molar-refractivity contribution in [2.75, 3.05) is 31.0 Å². The lowest BCUT2D eigenvalue weighted by Gasteiger charge is -2.12. The lowest BCUT2D eigenvalue weighted by molar-refractivity contribution is 0.0987. The first-order valence-corrected chi connectivity index (χ1v) is 16.1. The third-order valence-corrected chi connectivity index (χ3v) is 7.85. The predicted octanol–water partition coefficient (Wildman–Crippen LogP) is 2.71. The zero-order chi connectivity index (χ0) is 37.8. The Bertz CT molecular complexity index is 2400. The molecule has 274 valence electrons. The van der Waals surface area contributed by atoms with Gasteiger partial charge in [-0.1, -0.05) is 12.2 Å². The van der Waals surface area contributed by atoms with E-state index in [1.807, 2.05) is 0 Å². The highest BCUT2D eigenvalue weighted by atomic mass is 16.5. The topological polar surface area (TPSA) is 271 Å². The number of aromatic nitrogens is 6. The summed E-state index contributed by atoms with van der Waals surface area (Å²) in [5, 5.41) is 14.8. The van der Waals surface area contributed by atoms with E-state index < -0.39 is 23.6 Å². The predicted molar refractivity (Wildman–Crippen MR) is 188 cm³/mol. The number of carbonyl (C=O) groups excluding carboxylic acids is 4. The van der Waals surface area contributed by atoms with E-state index in [1.165, 1.54) is 43.8 Å². The van der Waals surface area contributed by atoms with E-state index >= 15 is 0 Å². The van der Waals surface area contributed by atoms with Crippen LogP contribution in [0.4, 0.5) is 11.9 Å². The largest absolute Gasteiger partial charge is 0.494 e. The van der Waals surface area contributed by atoms with Gasteiger partial charge in [0.15, 0.2) is 11.8 Å². The quantitative estimate of drug-likeness (QED) is 0.0753. The van der Waals surface area contributed by atoms with Crippen molar-refractivity contribution < 1.29 is 42.6 Å². The van der Waals surface area contributed by atoms with Crippen LogP contribution in [0.15, 0.2) is 57.6 Å². The van der Waals surface area contributed by atoms with Crippen LogP contribution in [0.25, 0.3) is 22.1 Å².